The Morgan fingerprint density at radius 1 is 0.542 bits per heavy atom. The molecular formula is C35H56N6O7. The minimum atomic E-state index is -1.31. The van der Waals surface area contributed by atoms with Crippen LogP contribution in [-0.4, -0.2) is 70.8 Å². The second-order valence-corrected chi connectivity index (χ2v) is 14.3. The third-order valence-electron chi connectivity index (χ3n) is 8.65. The molecule has 0 bridgehead atoms. The molecule has 1 saturated heterocycles. The minimum Gasteiger partial charge on any atom is -0.508 e. The molecule has 0 spiro atoms. The van der Waals surface area contributed by atoms with Crippen LogP contribution in [0, 0.1) is 29.6 Å². The predicted octanol–water partition coefficient (Wildman–Crippen LogP) is 2.05. The average molecular weight is 673 g/mol. The van der Waals surface area contributed by atoms with E-state index in [0.29, 0.717) is 12.0 Å². The molecule has 1 heterocycles. The summed E-state index contributed by atoms with van der Waals surface area (Å²) < 4.78 is 0. The van der Waals surface area contributed by atoms with Gasteiger partial charge in [0.1, 0.15) is 42.0 Å². The van der Waals surface area contributed by atoms with E-state index >= 15 is 0 Å². The van der Waals surface area contributed by atoms with Gasteiger partial charge in [0.15, 0.2) is 0 Å². The lowest BCUT2D eigenvalue weighted by atomic mass is 9.95. The van der Waals surface area contributed by atoms with Gasteiger partial charge in [-0.3, -0.25) is 28.8 Å². The summed E-state index contributed by atoms with van der Waals surface area (Å²) in [6.07, 6.45) is 0.759. The van der Waals surface area contributed by atoms with Crippen LogP contribution in [0.2, 0.25) is 0 Å². The molecule has 7 N–H and O–H groups in total. The topological polar surface area (TPSA) is 195 Å². The molecule has 1 aliphatic rings. The van der Waals surface area contributed by atoms with E-state index in [4.69, 9.17) is 0 Å². The van der Waals surface area contributed by atoms with Crippen LogP contribution < -0.4 is 31.9 Å². The number of hydrogen-bond donors (Lipinski definition) is 7. The van der Waals surface area contributed by atoms with Crippen LogP contribution in [0.25, 0.3) is 0 Å². The molecule has 2 rings (SSSR count). The molecule has 268 valence electrons. The van der Waals surface area contributed by atoms with Gasteiger partial charge in [-0.25, -0.2) is 0 Å². The van der Waals surface area contributed by atoms with Crippen LogP contribution >= 0.6 is 0 Å². The number of amides is 6. The van der Waals surface area contributed by atoms with Crippen molar-refractivity contribution in [3.63, 3.8) is 0 Å². The number of phenolic OH excluding ortho intramolecular Hbond substituents is 1. The molecule has 1 aromatic carbocycles. The highest BCUT2D eigenvalue weighted by atomic mass is 16.3. The van der Waals surface area contributed by atoms with Crippen LogP contribution in [0.3, 0.4) is 0 Å². The lowest BCUT2D eigenvalue weighted by Gasteiger charge is -2.32. The van der Waals surface area contributed by atoms with Crippen molar-refractivity contribution >= 4 is 35.4 Å². The standard InChI is InChI=1S/C35H56N6O7/c1-11-21(10)28-34(47)36-24(16-17(2)3)30(43)37-25(18(4)5)31(44)38-26(19(6)7)32(45)39-27(20(8)9)33(46)41-29(35(48)40-28)22-12-14-23(42)15-13-22/h12-15,17-21,24-29,42H,11,16H2,1-10H3,(H,36,47)(H,37,43)(H,38,44)(H,39,45)(H,40,48)(H,41,46)/t21-,24+,25+,26-,27+,28-,29+/m0/s1. The molecule has 0 saturated carbocycles. The van der Waals surface area contributed by atoms with Crippen molar-refractivity contribution < 1.29 is 33.9 Å². The summed E-state index contributed by atoms with van der Waals surface area (Å²) in [7, 11) is 0. The molecular weight excluding hydrogens is 616 g/mol. The van der Waals surface area contributed by atoms with E-state index in [-0.39, 0.29) is 35.8 Å². The highest BCUT2D eigenvalue weighted by Crippen LogP contribution is 2.20. The minimum absolute atomic E-state index is 0.0149. The van der Waals surface area contributed by atoms with Gasteiger partial charge < -0.3 is 37.0 Å². The van der Waals surface area contributed by atoms with E-state index in [1.807, 2.05) is 20.8 Å². The molecule has 0 aromatic heterocycles. The number of phenols is 1. The molecule has 13 heteroatoms. The number of hydrogen-bond acceptors (Lipinski definition) is 7. The fourth-order valence-corrected chi connectivity index (χ4v) is 5.45. The fraction of sp³-hybridized carbons (Fsp3) is 0.657. The zero-order chi connectivity index (χ0) is 36.5. The van der Waals surface area contributed by atoms with Crippen molar-refractivity contribution in [1.82, 2.24) is 31.9 Å². The maximum absolute atomic E-state index is 14.0. The second-order valence-electron chi connectivity index (χ2n) is 14.3. The van der Waals surface area contributed by atoms with Gasteiger partial charge in [-0.2, -0.15) is 0 Å². The zero-order valence-corrected chi connectivity index (χ0v) is 30.0. The summed E-state index contributed by atoms with van der Waals surface area (Å²) in [5, 5.41) is 26.5. The van der Waals surface area contributed by atoms with E-state index in [1.165, 1.54) is 24.3 Å². The van der Waals surface area contributed by atoms with Crippen LogP contribution in [0.4, 0.5) is 0 Å². The van der Waals surface area contributed by atoms with E-state index in [2.05, 4.69) is 31.9 Å². The van der Waals surface area contributed by atoms with Crippen molar-refractivity contribution in [3.8, 4) is 5.75 Å². The van der Waals surface area contributed by atoms with Gasteiger partial charge in [0.05, 0.1) is 0 Å². The van der Waals surface area contributed by atoms with Crippen LogP contribution in [-0.2, 0) is 28.8 Å². The van der Waals surface area contributed by atoms with E-state index < -0.39 is 77.6 Å². The van der Waals surface area contributed by atoms with Gasteiger partial charge >= 0.3 is 0 Å². The molecule has 0 aliphatic carbocycles. The SMILES string of the molecule is CC[C@H](C)[C@@H]1NC(=O)[C@@H](c2ccc(O)cc2)NC(=O)[C@@H](C(C)C)NC(=O)[C@H](C(C)C)NC(=O)[C@@H](C(C)C)NC(=O)[C@@H](CC(C)C)NC1=O. The molecule has 13 nitrogen and oxygen atoms in total. The van der Waals surface area contributed by atoms with E-state index in [0.717, 1.165) is 0 Å². The summed E-state index contributed by atoms with van der Waals surface area (Å²) in [5.41, 5.74) is 0.328. The van der Waals surface area contributed by atoms with Gasteiger partial charge in [-0.05, 0) is 53.7 Å². The Morgan fingerprint density at radius 3 is 1.35 bits per heavy atom. The first kappa shape index (κ1) is 40.0. The number of carbonyl (C=O) groups is 6. The number of benzene rings is 1. The Morgan fingerprint density at radius 2 is 0.938 bits per heavy atom. The maximum atomic E-state index is 14.0. The molecule has 0 radical (unpaired) electrons. The fourth-order valence-electron chi connectivity index (χ4n) is 5.45. The highest BCUT2D eigenvalue weighted by Gasteiger charge is 2.38. The number of nitrogens with one attached hydrogen (secondary N) is 6. The van der Waals surface area contributed by atoms with E-state index in [9.17, 15) is 33.9 Å². The van der Waals surface area contributed by atoms with Crippen LogP contribution in [0.15, 0.2) is 24.3 Å². The quantitative estimate of drug-likeness (QED) is 0.220. The number of aromatic hydroxyl groups is 1. The Bertz CT molecular complexity index is 1300. The normalized spacial score (nSPS) is 26.2. The first-order chi connectivity index (χ1) is 22.4. The third kappa shape index (κ3) is 10.9. The summed E-state index contributed by atoms with van der Waals surface area (Å²) >= 11 is 0. The zero-order valence-electron chi connectivity index (χ0n) is 30.0. The first-order valence-corrected chi connectivity index (χ1v) is 17.0. The maximum Gasteiger partial charge on any atom is 0.247 e. The first-order valence-electron chi connectivity index (χ1n) is 17.0. The number of carbonyl (C=O) groups excluding carboxylic acids is 6. The van der Waals surface area contributed by atoms with Gasteiger partial charge in [-0.15, -0.1) is 0 Å². The molecule has 6 amide bonds. The predicted molar refractivity (Wildman–Crippen MR) is 182 cm³/mol. The molecule has 1 aromatic rings. The highest BCUT2D eigenvalue weighted by molar-refractivity contribution is 5.98. The third-order valence-corrected chi connectivity index (χ3v) is 8.65. The average Bonchev–Trinajstić information content (AvgIpc) is 3.00. The van der Waals surface area contributed by atoms with Crippen molar-refractivity contribution in [2.45, 2.75) is 118 Å². The van der Waals surface area contributed by atoms with Crippen molar-refractivity contribution in [2.24, 2.45) is 29.6 Å². The monoisotopic (exact) mass is 672 g/mol. The summed E-state index contributed by atoms with van der Waals surface area (Å²) in [4.78, 5) is 82.7. The Balaban J connectivity index is 2.72. The second kappa shape index (κ2) is 17.8. The van der Waals surface area contributed by atoms with Gasteiger partial charge in [0.25, 0.3) is 0 Å². The largest absolute Gasteiger partial charge is 0.508 e. The molecule has 0 unspecified atom stereocenters. The molecule has 7 atom stereocenters. The number of rotatable bonds is 8. The van der Waals surface area contributed by atoms with Crippen molar-refractivity contribution in [3.05, 3.63) is 29.8 Å². The van der Waals surface area contributed by atoms with Gasteiger partial charge in [-0.1, -0.05) is 87.8 Å². The summed E-state index contributed by atoms with van der Waals surface area (Å²) in [6, 6.07) is -0.914. The Labute approximate surface area is 284 Å². The van der Waals surface area contributed by atoms with Gasteiger partial charge in [0.2, 0.25) is 35.4 Å². The Hall–Kier alpha value is -4.16. The molecule has 1 fully saturated rings. The van der Waals surface area contributed by atoms with Crippen LogP contribution in [0.5, 0.6) is 5.75 Å². The Kier molecular flexibility index (Phi) is 14.9. The van der Waals surface area contributed by atoms with Crippen molar-refractivity contribution in [1.29, 1.82) is 0 Å². The lowest BCUT2D eigenvalue weighted by molar-refractivity contribution is -0.138. The molecule has 1 aliphatic heterocycles. The van der Waals surface area contributed by atoms with E-state index in [1.54, 1.807) is 48.5 Å². The summed E-state index contributed by atoms with van der Waals surface area (Å²) in [5.74, 6) is -5.31. The lowest BCUT2D eigenvalue weighted by Crippen LogP contribution is -2.62. The smallest absolute Gasteiger partial charge is 0.247 e. The van der Waals surface area contributed by atoms with Gasteiger partial charge in [0, 0.05) is 0 Å². The van der Waals surface area contributed by atoms with Crippen LogP contribution in [0.1, 0.15) is 93.7 Å². The molecule has 48 heavy (non-hydrogen) atoms. The summed E-state index contributed by atoms with van der Waals surface area (Å²) in [6.45, 7) is 17.9. The van der Waals surface area contributed by atoms with Crippen molar-refractivity contribution in [2.75, 3.05) is 0 Å².